The van der Waals surface area contributed by atoms with E-state index in [-0.39, 0.29) is 11.9 Å². The quantitative estimate of drug-likeness (QED) is 0.342. The van der Waals surface area contributed by atoms with E-state index in [1.54, 1.807) is 12.1 Å². The summed E-state index contributed by atoms with van der Waals surface area (Å²) >= 11 is 0. The number of hydrogen-bond donors (Lipinski definition) is 2. The molecule has 2 aromatic carbocycles. The molecule has 0 aliphatic carbocycles. The third-order valence-corrected chi connectivity index (χ3v) is 8.33. The number of nitrogen functional groups attached to an aromatic ring is 1. The first-order valence-corrected chi connectivity index (χ1v) is 14.4. The minimum atomic E-state index is 0.176. The van der Waals surface area contributed by atoms with Crippen molar-refractivity contribution < 1.29 is 9.84 Å². The molecule has 0 radical (unpaired) electrons. The first kappa shape index (κ1) is 26.1. The molecule has 3 fully saturated rings. The van der Waals surface area contributed by atoms with Gasteiger partial charge >= 0.3 is 0 Å². The van der Waals surface area contributed by atoms with E-state index in [0.717, 1.165) is 61.8 Å². The van der Waals surface area contributed by atoms with Crippen LogP contribution in [0.25, 0.3) is 11.3 Å². The Labute approximate surface area is 245 Å². The molecule has 3 aliphatic rings. The topological polar surface area (TPSA) is 104 Å². The molecule has 9 heteroatoms. The number of hydrogen-bond acceptors (Lipinski definition) is 9. The average Bonchev–Trinajstić information content (AvgIpc) is 3.26. The molecule has 5 heterocycles. The molecular weight excluding hydrogens is 526 g/mol. The molecule has 4 aromatic rings. The monoisotopic (exact) mass is 559 g/mol. The highest BCUT2D eigenvalue weighted by Gasteiger charge is 2.40. The normalized spacial score (nSPS) is 20.1. The standard InChI is InChI=1S/C33H33N7O2/c34-33-31(18-30(36-37-33)29-10-4-5-11-32(29)41)39-19-25-12-13-26(20-39)40(25)24-14-15-35-23(17-24)7-6-16-38-21-28(22-38)42-27-8-2-1-3-9-27/h1-5,8-11,14-15,17-18,25-26,28,41H,12-13,16,19-22H2,(H2,34,37). The maximum absolute atomic E-state index is 10.3. The third-order valence-electron chi connectivity index (χ3n) is 8.33. The zero-order valence-corrected chi connectivity index (χ0v) is 23.3. The highest BCUT2D eigenvalue weighted by Crippen LogP contribution is 2.39. The Bertz CT molecular complexity index is 1620. The van der Waals surface area contributed by atoms with Gasteiger partial charge in [0.1, 0.15) is 23.3 Å². The zero-order valence-electron chi connectivity index (χ0n) is 23.3. The average molecular weight is 560 g/mol. The van der Waals surface area contributed by atoms with Crippen LogP contribution >= 0.6 is 0 Å². The zero-order chi connectivity index (χ0) is 28.5. The number of pyridine rings is 1. The smallest absolute Gasteiger partial charge is 0.169 e. The highest BCUT2D eigenvalue weighted by molar-refractivity contribution is 5.74. The van der Waals surface area contributed by atoms with Crippen molar-refractivity contribution >= 4 is 17.2 Å². The fourth-order valence-corrected chi connectivity index (χ4v) is 6.30. The number of ether oxygens (including phenoxy) is 1. The number of para-hydroxylation sites is 2. The molecule has 212 valence electrons. The number of likely N-dealkylation sites (tertiary alicyclic amines) is 1. The molecule has 2 atom stereocenters. The molecular formula is C33H33N7O2. The van der Waals surface area contributed by atoms with Crippen molar-refractivity contribution in [3.05, 3.63) is 84.7 Å². The molecule has 0 saturated carbocycles. The van der Waals surface area contributed by atoms with Crippen LogP contribution in [-0.2, 0) is 0 Å². The summed E-state index contributed by atoms with van der Waals surface area (Å²) in [5.41, 5.74) is 10.4. The second-order valence-electron chi connectivity index (χ2n) is 11.2. The first-order chi connectivity index (χ1) is 20.6. The van der Waals surface area contributed by atoms with E-state index in [2.05, 4.69) is 53.9 Å². The lowest BCUT2D eigenvalue weighted by Gasteiger charge is -2.43. The third kappa shape index (κ3) is 5.29. The van der Waals surface area contributed by atoms with Gasteiger partial charge in [-0.15, -0.1) is 10.2 Å². The van der Waals surface area contributed by atoms with Gasteiger partial charge in [0, 0.05) is 55.7 Å². The number of rotatable bonds is 6. The number of phenols is 1. The van der Waals surface area contributed by atoms with Crippen LogP contribution in [0.5, 0.6) is 11.5 Å². The minimum Gasteiger partial charge on any atom is -0.507 e. The van der Waals surface area contributed by atoms with E-state index in [1.165, 1.54) is 0 Å². The second-order valence-corrected chi connectivity index (χ2v) is 11.2. The van der Waals surface area contributed by atoms with Gasteiger partial charge in [-0.05, 0) is 61.2 Å². The summed E-state index contributed by atoms with van der Waals surface area (Å²) in [6.45, 7) is 4.13. The number of piperazine rings is 1. The first-order valence-electron chi connectivity index (χ1n) is 14.4. The molecule has 3 saturated heterocycles. The summed E-state index contributed by atoms with van der Waals surface area (Å²) < 4.78 is 5.99. The maximum Gasteiger partial charge on any atom is 0.169 e. The Kier molecular flexibility index (Phi) is 6.98. The molecule has 0 spiro atoms. The molecule has 0 amide bonds. The van der Waals surface area contributed by atoms with E-state index in [0.29, 0.717) is 35.7 Å². The summed E-state index contributed by atoms with van der Waals surface area (Å²) in [4.78, 5) is 11.7. The van der Waals surface area contributed by atoms with Crippen LogP contribution in [0, 0.1) is 11.8 Å². The summed E-state index contributed by atoms with van der Waals surface area (Å²) in [5.74, 6) is 8.07. The maximum atomic E-state index is 10.3. The van der Waals surface area contributed by atoms with Crippen LogP contribution in [0.2, 0.25) is 0 Å². The van der Waals surface area contributed by atoms with Crippen molar-refractivity contribution in [2.75, 3.05) is 48.3 Å². The van der Waals surface area contributed by atoms with Gasteiger partial charge in [0.2, 0.25) is 0 Å². The summed E-state index contributed by atoms with van der Waals surface area (Å²) in [5, 5.41) is 18.8. The fraction of sp³-hybridized carbons (Fsp3) is 0.303. The minimum absolute atomic E-state index is 0.176. The Hall–Kier alpha value is -4.81. The van der Waals surface area contributed by atoms with E-state index in [9.17, 15) is 5.11 Å². The van der Waals surface area contributed by atoms with Crippen molar-refractivity contribution in [3.8, 4) is 34.6 Å². The van der Waals surface area contributed by atoms with Gasteiger partial charge < -0.3 is 25.4 Å². The van der Waals surface area contributed by atoms with Crippen LogP contribution in [0.15, 0.2) is 79.0 Å². The number of aromatic hydroxyl groups is 1. The van der Waals surface area contributed by atoms with Crippen molar-refractivity contribution in [1.29, 1.82) is 0 Å². The van der Waals surface area contributed by atoms with Crippen LogP contribution in [0.4, 0.5) is 17.2 Å². The van der Waals surface area contributed by atoms with Crippen molar-refractivity contribution in [1.82, 2.24) is 20.1 Å². The van der Waals surface area contributed by atoms with Gasteiger partial charge in [-0.3, -0.25) is 4.90 Å². The molecule has 2 aromatic heterocycles. The van der Waals surface area contributed by atoms with Gasteiger partial charge in [-0.25, -0.2) is 4.98 Å². The second kappa shape index (κ2) is 11.2. The summed E-state index contributed by atoms with van der Waals surface area (Å²) in [6.07, 6.45) is 4.30. The molecule has 9 nitrogen and oxygen atoms in total. The van der Waals surface area contributed by atoms with E-state index < -0.39 is 0 Å². The van der Waals surface area contributed by atoms with Gasteiger partial charge in [0.15, 0.2) is 5.82 Å². The fourth-order valence-electron chi connectivity index (χ4n) is 6.30. The van der Waals surface area contributed by atoms with Crippen molar-refractivity contribution in [3.63, 3.8) is 0 Å². The number of nitrogens with zero attached hydrogens (tertiary/aromatic N) is 6. The molecule has 7 rings (SSSR count). The van der Waals surface area contributed by atoms with Gasteiger partial charge in [-0.2, -0.15) is 0 Å². The van der Waals surface area contributed by atoms with Crippen LogP contribution in [0.1, 0.15) is 18.5 Å². The Morgan fingerprint density at radius 2 is 1.67 bits per heavy atom. The van der Waals surface area contributed by atoms with E-state index in [4.69, 9.17) is 10.5 Å². The van der Waals surface area contributed by atoms with E-state index in [1.807, 2.05) is 54.7 Å². The van der Waals surface area contributed by atoms with Gasteiger partial charge in [0.25, 0.3) is 0 Å². The predicted octanol–water partition coefficient (Wildman–Crippen LogP) is 3.80. The number of benzene rings is 2. The van der Waals surface area contributed by atoms with Crippen LogP contribution in [-0.4, -0.2) is 76.1 Å². The van der Waals surface area contributed by atoms with Crippen molar-refractivity contribution in [2.45, 2.75) is 31.0 Å². The van der Waals surface area contributed by atoms with Gasteiger partial charge in [-0.1, -0.05) is 36.3 Å². The number of aromatic nitrogens is 3. The molecule has 2 unspecified atom stereocenters. The van der Waals surface area contributed by atoms with Crippen LogP contribution in [0.3, 0.4) is 0 Å². The Morgan fingerprint density at radius 3 is 2.45 bits per heavy atom. The molecule has 42 heavy (non-hydrogen) atoms. The lowest BCUT2D eigenvalue weighted by Crippen LogP contribution is -2.54. The largest absolute Gasteiger partial charge is 0.507 e. The number of phenolic OH excluding ortho intramolecular Hbond substituents is 1. The predicted molar refractivity (Wildman–Crippen MR) is 163 cm³/mol. The van der Waals surface area contributed by atoms with E-state index >= 15 is 0 Å². The lowest BCUT2D eigenvalue weighted by molar-refractivity contribution is 0.0296. The van der Waals surface area contributed by atoms with Gasteiger partial charge in [0.05, 0.1) is 17.9 Å². The molecule has 2 bridgehead atoms. The number of fused-ring (bicyclic) bond motifs is 2. The highest BCUT2D eigenvalue weighted by atomic mass is 16.5. The molecule has 3 N–H and O–H groups in total. The lowest BCUT2D eigenvalue weighted by atomic mass is 10.1. The Balaban J connectivity index is 0.996. The number of nitrogens with two attached hydrogens (primary N) is 1. The molecule has 3 aliphatic heterocycles. The Morgan fingerprint density at radius 1 is 0.905 bits per heavy atom. The SMILES string of the molecule is Nc1nnc(-c2ccccc2O)cc1N1CC2CCC(C1)N2c1ccnc(C#CCN2CC(Oc3ccccc3)C2)c1. The summed E-state index contributed by atoms with van der Waals surface area (Å²) in [7, 11) is 0. The van der Waals surface area contributed by atoms with Crippen LogP contribution < -0.4 is 20.3 Å². The number of anilines is 3. The van der Waals surface area contributed by atoms with Crippen molar-refractivity contribution in [2.24, 2.45) is 0 Å². The summed E-state index contributed by atoms with van der Waals surface area (Å²) in [6, 6.07) is 24.0.